The van der Waals surface area contributed by atoms with Crippen molar-refractivity contribution in [2.24, 2.45) is 17.6 Å². The van der Waals surface area contributed by atoms with Gasteiger partial charge in [0.25, 0.3) is 5.91 Å². The molecule has 1 saturated carbocycles. The fraction of sp³-hybridized carbons (Fsp3) is 0.429. The molecule has 1 aromatic heterocycles. The van der Waals surface area contributed by atoms with Gasteiger partial charge in [0.2, 0.25) is 11.8 Å². The van der Waals surface area contributed by atoms with Crippen LogP contribution in [0.5, 0.6) is 0 Å². The number of thiazole rings is 1. The molecule has 3 amide bonds. The molecule has 2 heterocycles. The highest BCUT2D eigenvalue weighted by atomic mass is 32.1. The second kappa shape index (κ2) is 8.63. The quantitative estimate of drug-likeness (QED) is 0.768. The molecule has 158 valence electrons. The lowest BCUT2D eigenvalue weighted by Gasteiger charge is -2.27. The molecule has 1 saturated heterocycles. The number of anilines is 1. The summed E-state index contributed by atoms with van der Waals surface area (Å²) in [4.78, 5) is 46.5. The number of hydrogen-bond acceptors (Lipinski definition) is 7. The highest BCUT2D eigenvalue weighted by Crippen LogP contribution is 2.56. The molecule has 9 heteroatoms. The molecule has 1 aliphatic heterocycles. The van der Waals surface area contributed by atoms with Crippen LogP contribution in [0.2, 0.25) is 0 Å². The van der Waals surface area contributed by atoms with E-state index in [-0.39, 0.29) is 17.0 Å². The van der Waals surface area contributed by atoms with Crippen LogP contribution in [0.25, 0.3) is 0 Å². The van der Waals surface area contributed by atoms with E-state index in [1.807, 2.05) is 30.3 Å². The third kappa shape index (κ3) is 3.88. The van der Waals surface area contributed by atoms with Crippen LogP contribution in [0.15, 0.2) is 41.9 Å². The van der Waals surface area contributed by atoms with Crippen LogP contribution in [-0.4, -0.2) is 60.0 Å². The number of amides is 3. The van der Waals surface area contributed by atoms with Gasteiger partial charge in [0.1, 0.15) is 0 Å². The summed E-state index contributed by atoms with van der Waals surface area (Å²) in [6, 6.07) is 8.63. The first kappa shape index (κ1) is 20.6. The average Bonchev–Trinajstić information content (AvgIpc) is 3.30. The van der Waals surface area contributed by atoms with E-state index >= 15 is 0 Å². The molecule has 0 radical (unpaired) electrons. The smallest absolute Gasteiger partial charge is 0.252 e. The number of ether oxygens (including phenoxy) is 1. The first-order valence-corrected chi connectivity index (χ1v) is 10.8. The summed E-state index contributed by atoms with van der Waals surface area (Å²) >= 11 is 1.19. The third-order valence-electron chi connectivity index (χ3n) is 5.54. The second-order valence-electron chi connectivity index (χ2n) is 7.54. The van der Waals surface area contributed by atoms with Crippen LogP contribution in [0.3, 0.4) is 0 Å². The van der Waals surface area contributed by atoms with Crippen LogP contribution >= 0.6 is 11.3 Å². The van der Waals surface area contributed by atoms with Gasteiger partial charge in [0.15, 0.2) is 5.13 Å². The summed E-state index contributed by atoms with van der Waals surface area (Å²) in [6.45, 7) is 3.52. The van der Waals surface area contributed by atoms with Gasteiger partial charge < -0.3 is 15.4 Å². The van der Waals surface area contributed by atoms with Crippen molar-refractivity contribution < 1.29 is 19.1 Å². The molecule has 1 unspecified atom stereocenters. The molecule has 2 aliphatic rings. The lowest BCUT2D eigenvalue weighted by atomic mass is 10.1. The summed E-state index contributed by atoms with van der Waals surface area (Å²) in [6.07, 6.45) is 1.53. The first-order chi connectivity index (χ1) is 14.5. The van der Waals surface area contributed by atoms with Gasteiger partial charge in [-0.25, -0.2) is 9.88 Å². The van der Waals surface area contributed by atoms with Crippen LogP contribution < -0.4 is 10.6 Å². The maximum atomic E-state index is 13.6. The topological polar surface area (TPSA) is 106 Å². The molecular formula is C21H24N4O4S. The molecule has 1 aromatic carbocycles. The predicted octanol–water partition coefficient (Wildman–Crippen LogP) is 1.24. The second-order valence-corrected chi connectivity index (χ2v) is 8.41. The Balaban J connectivity index is 1.65. The molecule has 4 rings (SSSR count). The number of benzene rings is 1. The van der Waals surface area contributed by atoms with Crippen molar-refractivity contribution in [1.82, 2.24) is 9.88 Å². The number of morpholine rings is 1. The van der Waals surface area contributed by atoms with Crippen molar-refractivity contribution >= 4 is 34.2 Å². The maximum absolute atomic E-state index is 13.6. The van der Waals surface area contributed by atoms with Crippen molar-refractivity contribution in [2.75, 3.05) is 31.2 Å². The van der Waals surface area contributed by atoms with E-state index in [1.54, 1.807) is 10.3 Å². The van der Waals surface area contributed by atoms with E-state index in [2.05, 4.69) is 4.98 Å². The Morgan fingerprint density at radius 1 is 1.20 bits per heavy atom. The number of imide groups is 1. The van der Waals surface area contributed by atoms with E-state index in [9.17, 15) is 14.4 Å². The number of carbonyl (C=O) groups excluding carboxylic acids is 3. The minimum absolute atomic E-state index is 0.0714. The van der Waals surface area contributed by atoms with Gasteiger partial charge in [0, 0.05) is 30.6 Å². The molecule has 1 aliphatic carbocycles. The number of hydrogen-bond donors (Lipinski definition) is 1. The van der Waals surface area contributed by atoms with Crippen LogP contribution in [-0.2, 0) is 19.1 Å². The maximum Gasteiger partial charge on any atom is 0.252 e. The molecule has 4 atom stereocenters. The Morgan fingerprint density at radius 3 is 2.50 bits per heavy atom. The van der Waals surface area contributed by atoms with E-state index in [0.717, 1.165) is 10.5 Å². The average molecular weight is 429 g/mol. The summed E-state index contributed by atoms with van der Waals surface area (Å²) in [5.41, 5.74) is 6.71. The first-order valence-electron chi connectivity index (χ1n) is 9.95. The van der Waals surface area contributed by atoms with Crippen molar-refractivity contribution in [3.8, 4) is 0 Å². The zero-order chi connectivity index (χ0) is 21.3. The van der Waals surface area contributed by atoms with Crippen molar-refractivity contribution in [3.05, 3.63) is 47.5 Å². The van der Waals surface area contributed by atoms with E-state index in [0.29, 0.717) is 26.3 Å². The number of carbonyl (C=O) groups is 3. The van der Waals surface area contributed by atoms with E-state index < -0.39 is 29.7 Å². The van der Waals surface area contributed by atoms with Gasteiger partial charge in [-0.3, -0.25) is 14.4 Å². The SMILES string of the molecule is C[C@@H](N)C(=O)N(C(=O)[C@H]1C(C(=O)N2CCOCC2)[C@H]1c1ccccc1)c1nccs1. The third-order valence-corrected chi connectivity index (χ3v) is 6.29. The normalized spacial score (nSPS) is 24.2. The van der Waals surface area contributed by atoms with Gasteiger partial charge in [-0.1, -0.05) is 30.3 Å². The highest BCUT2D eigenvalue weighted by molar-refractivity contribution is 7.14. The lowest BCUT2D eigenvalue weighted by molar-refractivity contribution is -0.138. The minimum atomic E-state index is -0.861. The van der Waals surface area contributed by atoms with Crippen LogP contribution in [0.4, 0.5) is 5.13 Å². The Hall–Kier alpha value is -2.62. The molecule has 2 N–H and O–H groups in total. The molecule has 0 spiro atoms. The molecular weight excluding hydrogens is 404 g/mol. The molecule has 2 fully saturated rings. The highest BCUT2D eigenvalue weighted by Gasteiger charge is 2.62. The van der Waals surface area contributed by atoms with Crippen LogP contribution in [0, 0.1) is 11.8 Å². The Labute approximate surface area is 178 Å². The predicted molar refractivity (Wildman–Crippen MR) is 112 cm³/mol. The summed E-state index contributed by atoms with van der Waals surface area (Å²) in [5, 5.41) is 1.97. The number of aromatic nitrogens is 1. The number of nitrogens with two attached hydrogens (primary N) is 1. The van der Waals surface area contributed by atoms with Crippen molar-refractivity contribution in [3.63, 3.8) is 0 Å². The largest absolute Gasteiger partial charge is 0.378 e. The molecule has 30 heavy (non-hydrogen) atoms. The number of rotatable bonds is 5. The van der Waals surface area contributed by atoms with Gasteiger partial charge in [0.05, 0.1) is 31.1 Å². The summed E-state index contributed by atoms with van der Waals surface area (Å²) in [5.74, 6) is -2.44. The summed E-state index contributed by atoms with van der Waals surface area (Å²) in [7, 11) is 0. The molecule has 0 bridgehead atoms. The fourth-order valence-electron chi connectivity index (χ4n) is 3.99. The Morgan fingerprint density at radius 2 is 1.90 bits per heavy atom. The van der Waals surface area contributed by atoms with Crippen LogP contribution in [0.1, 0.15) is 18.4 Å². The van der Waals surface area contributed by atoms with Crippen molar-refractivity contribution in [1.29, 1.82) is 0 Å². The minimum Gasteiger partial charge on any atom is -0.378 e. The zero-order valence-corrected chi connectivity index (χ0v) is 17.5. The van der Waals surface area contributed by atoms with E-state index in [1.165, 1.54) is 24.5 Å². The standard InChI is InChI=1S/C21H24N4O4S/c1-13(22)18(26)25(21-23-7-12-30-21)20(28)17-15(14-5-3-2-4-6-14)16(17)19(27)24-8-10-29-11-9-24/h2-7,12-13,15-17H,8-11,22H2,1H3/t13-,15-,16?,17-/m1/s1. The Kier molecular flexibility index (Phi) is 5.94. The fourth-order valence-corrected chi connectivity index (χ4v) is 4.64. The van der Waals surface area contributed by atoms with E-state index in [4.69, 9.17) is 10.5 Å². The van der Waals surface area contributed by atoms with Gasteiger partial charge >= 0.3 is 0 Å². The zero-order valence-electron chi connectivity index (χ0n) is 16.6. The molecule has 2 aromatic rings. The van der Waals surface area contributed by atoms with Gasteiger partial charge in [-0.2, -0.15) is 0 Å². The van der Waals surface area contributed by atoms with Gasteiger partial charge in [-0.15, -0.1) is 11.3 Å². The number of nitrogens with zero attached hydrogens (tertiary/aromatic N) is 3. The molecule has 8 nitrogen and oxygen atoms in total. The van der Waals surface area contributed by atoms with Crippen molar-refractivity contribution in [2.45, 2.75) is 18.9 Å². The Bertz CT molecular complexity index is 912. The van der Waals surface area contributed by atoms with Gasteiger partial charge in [-0.05, 0) is 12.5 Å². The lowest BCUT2D eigenvalue weighted by Crippen LogP contribution is -2.47. The monoisotopic (exact) mass is 428 g/mol. The summed E-state index contributed by atoms with van der Waals surface area (Å²) < 4.78 is 5.35.